The highest BCUT2D eigenvalue weighted by Crippen LogP contribution is 2.34. The molecule has 0 amide bonds. The molecule has 20 heavy (non-hydrogen) atoms. The summed E-state index contributed by atoms with van der Waals surface area (Å²) in [5.41, 5.74) is 4.72. The lowest BCUT2D eigenvalue weighted by molar-refractivity contribution is 0.338. The van der Waals surface area contributed by atoms with E-state index in [9.17, 15) is 0 Å². The van der Waals surface area contributed by atoms with Crippen LogP contribution in [0.3, 0.4) is 0 Å². The van der Waals surface area contributed by atoms with E-state index < -0.39 is 0 Å². The molecule has 0 aliphatic rings. The van der Waals surface area contributed by atoms with Gasteiger partial charge in [0.2, 0.25) is 0 Å². The van der Waals surface area contributed by atoms with Crippen LogP contribution in [0, 0.1) is 13.8 Å². The molecule has 0 aliphatic heterocycles. The molecule has 2 aromatic carbocycles. The van der Waals surface area contributed by atoms with Gasteiger partial charge in [-0.2, -0.15) is 0 Å². The van der Waals surface area contributed by atoms with Crippen LogP contribution in [0.15, 0.2) is 40.9 Å². The minimum Gasteiger partial charge on any atom is -0.493 e. The van der Waals surface area contributed by atoms with Gasteiger partial charge in [-0.1, -0.05) is 24.3 Å². The number of aryl methyl sites for hydroxylation is 2. The summed E-state index contributed by atoms with van der Waals surface area (Å²) in [4.78, 5) is 0. The Morgan fingerprint density at radius 1 is 1.05 bits per heavy atom. The summed E-state index contributed by atoms with van der Waals surface area (Å²) in [5, 5.41) is -0.152. The first-order valence-electron chi connectivity index (χ1n) is 6.66. The number of benzene rings is 2. The highest BCUT2D eigenvalue weighted by molar-refractivity contribution is 9.10. The first-order valence-corrected chi connectivity index (χ1v) is 7.89. The Morgan fingerprint density at radius 2 is 1.70 bits per heavy atom. The zero-order chi connectivity index (χ0) is 14.7. The maximum absolute atomic E-state index is 6.60. The summed E-state index contributed by atoms with van der Waals surface area (Å²) < 4.78 is 6.46. The molecule has 0 saturated carbocycles. The van der Waals surface area contributed by atoms with Gasteiger partial charge in [-0.25, -0.2) is 0 Å². The third kappa shape index (κ3) is 3.36. The van der Waals surface area contributed by atoms with Crippen molar-refractivity contribution in [1.29, 1.82) is 0 Å². The molecule has 0 saturated heterocycles. The van der Waals surface area contributed by atoms with Gasteiger partial charge >= 0.3 is 0 Å². The Balaban J connectivity index is 2.30. The molecule has 2 aromatic rings. The van der Waals surface area contributed by atoms with Crippen molar-refractivity contribution in [3.05, 3.63) is 63.1 Å². The van der Waals surface area contributed by atoms with Crippen molar-refractivity contribution >= 4 is 27.5 Å². The summed E-state index contributed by atoms with van der Waals surface area (Å²) in [5.74, 6) is 0.847. The first-order chi connectivity index (χ1) is 9.52. The fourth-order valence-electron chi connectivity index (χ4n) is 2.06. The minimum absolute atomic E-state index is 0.152. The van der Waals surface area contributed by atoms with Crippen LogP contribution in [0.1, 0.15) is 34.6 Å². The third-order valence-corrected chi connectivity index (χ3v) is 4.50. The van der Waals surface area contributed by atoms with Gasteiger partial charge in [0.1, 0.15) is 5.75 Å². The van der Waals surface area contributed by atoms with E-state index >= 15 is 0 Å². The van der Waals surface area contributed by atoms with E-state index in [0.29, 0.717) is 6.61 Å². The van der Waals surface area contributed by atoms with Crippen LogP contribution in [0.4, 0.5) is 0 Å². The first kappa shape index (κ1) is 15.4. The number of hydrogen-bond donors (Lipinski definition) is 0. The lowest BCUT2D eigenvalue weighted by Crippen LogP contribution is -1.97. The van der Waals surface area contributed by atoms with Crippen LogP contribution >= 0.6 is 27.5 Å². The van der Waals surface area contributed by atoms with Crippen molar-refractivity contribution in [3.8, 4) is 5.75 Å². The Labute approximate surface area is 134 Å². The number of alkyl halides is 1. The van der Waals surface area contributed by atoms with Crippen LogP contribution in [0.2, 0.25) is 0 Å². The van der Waals surface area contributed by atoms with Crippen molar-refractivity contribution < 1.29 is 4.74 Å². The van der Waals surface area contributed by atoms with E-state index in [1.165, 1.54) is 11.1 Å². The number of rotatable bonds is 4. The molecule has 106 valence electrons. The Bertz CT molecular complexity index is 610. The van der Waals surface area contributed by atoms with Gasteiger partial charge < -0.3 is 4.74 Å². The van der Waals surface area contributed by atoms with E-state index in [2.05, 4.69) is 48.0 Å². The predicted molar refractivity (Wildman–Crippen MR) is 88.9 cm³/mol. The second-order valence-corrected chi connectivity index (χ2v) is 6.12. The molecule has 3 heteroatoms. The van der Waals surface area contributed by atoms with Gasteiger partial charge in [0, 0.05) is 0 Å². The Kier molecular flexibility index (Phi) is 5.11. The van der Waals surface area contributed by atoms with E-state index in [4.69, 9.17) is 16.3 Å². The number of halogens is 2. The summed E-state index contributed by atoms with van der Waals surface area (Å²) in [7, 11) is 0. The van der Waals surface area contributed by atoms with E-state index in [0.717, 1.165) is 21.3 Å². The molecule has 1 unspecified atom stereocenters. The SMILES string of the molecule is CCOc1ccc(C(Cl)c2ccc(C)c(C)c2)cc1Br. The maximum atomic E-state index is 6.60. The monoisotopic (exact) mass is 352 g/mol. The van der Waals surface area contributed by atoms with Crippen LogP contribution in [0.25, 0.3) is 0 Å². The van der Waals surface area contributed by atoms with Crippen LogP contribution in [-0.4, -0.2) is 6.61 Å². The lowest BCUT2D eigenvalue weighted by Gasteiger charge is -2.14. The number of hydrogen-bond acceptors (Lipinski definition) is 1. The van der Waals surface area contributed by atoms with Gasteiger partial charge in [-0.15, -0.1) is 11.6 Å². The van der Waals surface area contributed by atoms with Gasteiger partial charge in [-0.3, -0.25) is 0 Å². The molecular formula is C17H18BrClO. The highest BCUT2D eigenvalue weighted by Gasteiger charge is 2.13. The van der Waals surface area contributed by atoms with Gasteiger partial charge in [0.05, 0.1) is 16.5 Å². The summed E-state index contributed by atoms with van der Waals surface area (Å²) in [6, 6.07) is 12.4. The van der Waals surface area contributed by atoms with Crippen LogP contribution < -0.4 is 4.74 Å². The summed E-state index contributed by atoms with van der Waals surface area (Å²) in [6.07, 6.45) is 0. The van der Waals surface area contributed by atoms with E-state index in [-0.39, 0.29) is 5.38 Å². The van der Waals surface area contributed by atoms with Crippen molar-refractivity contribution in [2.45, 2.75) is 26.1 Å². The molecular weight excluding hydrogens is 336 g/mol. The van der Waals surface area contributed by atoms with Crippen LogP contribution in [0.5, 0.6) is 5.75 Å². The smallest absolute Gasteiger partial charge is 0.133 e. The molecule has 1 atom stereocenters. The molecule has 0 aromatic heterocycles. The standard InChI is InChI=1S/C17H18BrClO/c1-4-20-16-8-7-14(10-15(16)18)17(19)13-6-5-11(2)12(3)9-13/h5-10,17H,4H2,1-3H3. The molecule has 0 heterocycles. The quantitative estimate of drug-likeness (QED) is 0.632. The molecule has 0 N–H and O–H groups in total. The molecule has 0 radical (unpaired) electrons. The minimum atomic E-state index is -0.152. The molecule has 0 fully saturated rings. The van der Waals surface area contributed by atoms with Gasteiger partial charge in [0.25, 0.3) is 0 Å². The maximum Gasteiger partial charge on any atom is 0.133 e. The zero-order valence-corrected chi connectivity index (χ0v) is 14.3. The molecule has 0 bridgehead atoms. The second-order valence-electron chi connectivity index (χ2n) is 4.83. The van der Waals surface area contributed by atoms with Crippen molar-refractivity contribution in [2.75, 3.05) is 6.61 Å². The third-order valence-electron chi connectivity index (χ3n) is 3.37. The highest BCUT2D eigenvalue weighted by atomic mass is 79.9. The average Bonchev–Trinajstić information content (AvgIpc) is 2.43. The zero-order valence-electron chi connectivity index (χ0n) is 11.9. The second kappa shape index (κ2) is 6.64. The summed E-state index contributed by atoms with van der Waals surface area (Å²) >= 11 is 10.1. The molecule has 2 rings (SSSR count). The normalized spacial score (nSPS) is 12.2. The molecule has 1 nitrogen and oxygen atoms in total. The van der Waals surface area contributed by atoms with Crippen molar-refractivity contribution in [1.82, 2.24) is 0 Å². The largest absolute Gasteiger partial charge is 0.493 e. The molecule has 0 spiro atoms. The average molecular weight is 354 g/mol. The van der Waals surface area contributed by atoms with E-state index in [1.807, 2.05) is 25.1 Å². The fraction of sp³-hybridized carbons (Fsp3) is 0.294. The fourth-order valence-corrected chi connectivity index (χ4v) is 2.84. The Morgan fingerprint density at radius 3 is 2.30 bits per heavy atom. The van der Waals surface area contributed by atoms with E-state index in [1.54, 1.807) is 0 Å². The summed E-state index contributed by atoms with van der Waals surface area (Å²) in [6.45, 7) is 6.84. The van der Waals surface area contributed by atoms with Crippen molar-refractivity contribution in [3.63, 3.8) is 0 Å². The number of ether oxygens (including phenoxy) is 1. The van der Waals surface area contributed by atoms with Crippen molar-refractivity contribution in [2.24, 2.45) is 0 Å². The lowest BCUT2D eigenvalue weighted by atomic mass is 10.00. The molecule has 0 aliphatic carbocycles. The van der Waals surface area contributed by atoms with Gasteiger partial charge in [-0.05, 0) is 71.1 Å². The topological polar surface area (TPSA) is 9.23 Å². The predicted octanol–water partition coefficient (Wildman–Crippen LogP) is 5.79. The van der Waals surface area contributed by atoms with Crippen LogP contribution in [-0.2, 0) is 0 Å². The van der Waals surface area contributed by atoms with Gasteiger partial charge in [0.15, 0.2) is 0 Å². The Hall–Kier alpha value is -0.990.